The third-order valence-corrected chi connectivity index (χ3v) is 7.58. The van der Waals surface area contributed by atoms with Crippen LogP contribution in [0.2, 0.25) is 0 Å². The Morgan fingerprint density at radius 2 is 1.47 bits per heavy atom. The molecule has 158 valence electrons. The van der Waals surface area contributed by atoms with Gasteiger partial charge in [-0.25, -0.2) is 0 Å². The molecule has 0 bridgehead atoms. The summed E-state index contributed by atoms with van der Waals surface area (Å²) in [4.78, 5) is 0. The number of piperidine rings is 1. The molecule has 2 fully saturated rings. The minimum Gasteiger partial charge on any atom is -0.373 e. The van der Waals surface area contributed by atoms with Crippen LogP contribution in [0.15, 0.2) is 60.7 Å². The molecule has 1 N–H and O–H groups in total. The normalized spacial score (nSPS) is 21.9. The maximum Gasteiger partial charge on any atom is 0.156 e. The second-order valence-corrected chi connectivity index (χ2v) is 9.80. The van der Waals surface area contributed by atoms with Crippen LogP contribution in [0.1, 0.15) is 63.0 Å². The van der Waals surface area contributed by atoms with Gasteiger partial charge in [-0.05, 0) is 43.6 Å². The second-order valence-electron chi connectivity index (χ2n) is 9.80. The molecule has 2 heteroatoms. The Morgan fingerprint density at radius 3 is 2.10 bits per heavy atom. The third kappa shape index (κ3) is 4.34. The zero-order valence-electron chi connectivity index (χ0n) is 18.4. The molecule has 0 aromatic heterocycles. The number of rotatable bonds is 5. The Labute approximate surface area is 182 Å². The quantitative estimate of drug-likeness (QED) is 0.505. The average Bonchev–Trinajstić information content (AvgIpc) is 3.24. The van der Waals surface area contributed by atoms with E-state index < -0.39 is 5.60 Å². The van der Waals surface area contributed by atoms with E-state index in [4.69, 9.17) is 0 Å². The van der Waals surface area contributed by atoms with Gasteiger partial charge in [0.05, 0.1) is 13.1 Å². The number of aliphatic hydroxyl groups is 1. The largest absolute Gasteiger partial charge is 0.373 e. The van der Waals surface area contributed by atoms with Gasteiger partial charge in [-0.3, -0.25) is 0 Å². The van der Waals surface area contributed by atoms with Crippen molar-refractivity contribution < 1.29 is 9.59 Å². The number of benzene rings is 2. The molecule has 1 aliphatic carbocycles. The molecule has 2 nitrogen and oxygen atoms in total. The Balaban J connectivity index is 1.62. The number of quaternary nitrogens is 1. The minimum absolute atomic E-state index is 0.173. The van der Waals surface area contributed by atoms with Gasteiger partial charge in [0.1, 0.15) is 13.1 Å². The van der Waals surface area contributed by atoms with Crippen LogP contribution in [0.5, 0.6) is 0 Å². The topological polar surface area (TPSA) is 20.2 Å². The zero-order chi connectivity index (χ0) is 20.9. The first kappa shape index (κ1) is 21.2. The highest BCUT2D eigenvalue weighted by molar-refractivity contribution is 5.35. The molecule has 1 saturated carbocycles. The summed E-state index contributed by atoms with van der Waals surface area (Å²) in [6.07, 6.45) is 8.31. The number of hydrogen-bond donors (Lipinski definition) is 1. The number of nitrogens with zero attached hydrogens (tertiary/aromatic N) is 1. The van der Waals surface area contributed by atoms with Crippen molar-refractivity contribution >= 4 is 0 Å². The summed E-state index contributed by atoms with van der Waals surface area (Å²) in [7, 11) is 0. The van der Waals surface area contributed by atoms with Gasteiger partial charge >= 0.3 is 0 Å². The predicted molar refractivity (Wildman–Crippen MR) is 124 cm³/mol. The van der Waals surface area contributed by atoms with Crippen molar-refractivity contribution in [2.24, 2.45) is 5.41 Å². The minimum atomic E-state index is -1.07. The van der Waals surface area contributed by atoms with E-state index in [0.717, 1.165) is 36.0 Å². The monoisotopic (exact) mass is 402 g/mol. The van der Waals surface area contributed by atoms with Crippen LogP contribution < -0.4 is 0 Å². The lowest BCUT2D eigenvalue weighted by molar-refractivity contribution is -0.938. The average molecular weight is 403 g/mol. The summed E-state index contributed by atoms with van der Waals surface area (Å²) < 4.78 is 1.03. The van der Waals surface area contributed by atoms with E-state index in [9.17, 15) is 5.11 Å². The highest BCUT2D eigenvalue weighted by Gasteiger charge is 2.48. The van der Waals surface area contributed by atoms with E-state index in [2.05, 4.69) is 49.1 Å². The van der Waals surface area contributed by atoms with Crippen molar-refractivity contribution in [2.75, 3.05) is 19.6 Å². The molecule has 2 aromatic rings. The summed E-state index contributed by atoms with van der Waals surface area (Å²) in [6.45, 7) is 6.46. The Hall–Kier alpha value is -2.08. The van der Waals surface area contributed by atoms with Crippen LogP contribution in [-0.4, -0.2) is 29.2 Å². The van der Waals surface area contributed by atoms with Crippen molar-refractivity contribution in [1.82, 2.24) is 0 Å². The Morgan fingerprint density at radius 1 is 0.867 bits per heavy atom. The van der Waals surface area contributed by atoms with Crippen LogP contribution in [0, 0.1) is 17.3 Å². The molecule has 1 atom stereocenters. The summed E-state index contributed by atoms with van der Waals surface area (Å²) in [5.41, 5.74) is 1.10. The van der Waals surface area contributed by atoms with Gasteiger partial charge in [0, 0.05) is 11.0 Å². The van der Waals surface area contributed by atoms with Gasteiger partial charge < -0.3 is 9.59 Å². The molecule has 0 spiro atoms. The van der Waals surface area contributed by atoms with Crippen molar-refractivity contribution in [2.45, 2.75) is 64.0 Å². The fourth-order valence-corrected chi connectivity index (χ4v) is 5.63. The van der Waals surface area contributed by atoms with E-state index in [1.54, 1.807) is 0 Å². The molecular formula is C28H36NO+. The van der Waals surface area contributed by atoms with Crippen molar-refractivity contribution in [3.63, 3.8) is 0 Å². The van der Waals surface area contributed by atoms with Gasteiger partial charge in [-0.15, -0.1) is 0 Å². The summed E-state index contributed by atoms with van der Waals surface area (Å²) in [6, 6.07) is 21.0. The standard InChI is InChI=1S/C28H36NO/c1-27(18-9-10-19-27)28(30,26-16-7-3-8-17-26)20-13-23-29(21-11-4-12-22-29)24-25-14-5-2-6-15-25/h2-3,5-8,14-17,30H,4,9-12,18-19,21-24H2,1H3/q+1/t28-/m0/s1. The first-order valence-corrected chi connectivity index (χ1v) is 11.7. The van der Waals surface area contributed by atoms with E-state index >= 15 is 0 Å². The van der Waals surface area contributed by atoms with Crippen molar-refractivity contribution in [1.29, 1.82) is 0 Å². The fraction of sp³-hybridized carbons (Fsp3) is 0.500. The lowest BCUT2D eigenvalue weighted by Crippen LogP contribution is -2.51. The molecular weight excluding hydrogens is 366 g/mol. The molecule has 2 aliphatic rings. The van der Waals surface area contributed by atoms with Gasteiger partial charge in [0.2, 0.25) is 0 Å². The molecule has 2 aromatic carbocycles. The lowest BCUT2D eigenvalue weighted by Gasteiger charge is -2.41. The molecule has 0 unspecified atom stereocenters. The predicted octanol–water partition coefficient (Wildman–Crippen LogP) is 5.66. The van der Waals surface area contributed by atoms with Crippen molar-refractivity contribution in [3.05, 3.63) is 71.8 Å². The van der Waals surface area contributed by atoms with Gasteiger partial charge in [-0.1, -0.05) is 86.3 Å². The van der Waals surface area contributed by atoms with Crippen LogP contribution in [0.3, 0.4) is 0 Å². The van der Waals surface area contributed by atoms with Crippen LogP contribution in [0.25, 0.3) is 0 Å². The summed E-state index contributed by atoms with van der Waals surface area (Å²) in [5.74, 6) is 6.97. The first-order valence-electron chi connectivity index (χ1n) is 11.7. The number of likely N-dealkylation sites (tertiary alicyclic amines) is 1. The number of hydrogen-bond acceptors (Lipinski definition) is 1. The van der Waals surface area contributed by atoms with Crippen molar-refractivity contribution in [3.8, 4) is 11.8 Å². The van der Waals surface area contributed by atoms with E-state index in [0.29, 0.717) is 0 Å². The highest BCUT2D eigenvalue weighted by atomic mass is 16.3. The van der Waals surface area contributed by atoms with Gasteiger partial charge in [0.25, 0.3) is 0 Å². The third-order valence-electron chi connectivity index (χ3n) is 7.58. The molecule has 30 heavy (non-hydrogen) atoms. The van der Waals surface area contributed by atoms with Gasteiger partial charge in [0.15, 0.2) is 5.60 Å². The fourth-order valence-electron chi connectivity index (χ4n) is 5.63. The molecule has 1 saturated heterocycles. The molecule has 4 rings (SSSR count). The van der Waals surface area contributed by atoms with E-state index in [-0.39, 0.29) is 5.41 Å². The molecule has 1 aliphatic heterocycles. The maximum absolute atomic E-state index is 12.0. The summed E-state index contributed by atoms with van der Waals surface area (Å²) in [5, 5.41) is 12.0. The molecule has 0 amide bonds. The smallest absolute Gasteiger partial charge is 0.156 e. The van der Waals surface area contributed by atoms with Crippen LogP contribution >= 0.6 is 0 Å². The van der Waals surface area contributed by atoms with Crippen LogP contribution in [-0.2, 0) is 12.1 Å². The second kappa shape index (κ2) is 8.96. The molecule has 0 radical (unpaired) electrons. The van der Waals surface area contributed by atoms with E-state index in [1.807, 2.05) is 30.3 Å². The lowest BCUT2D eigenvalue weighted by atomic mass is 9.68. The first-order chi connectivity index (χ1) is 14.6. The zero-order valence-corrected chi connectivity index (χ0v) is 18.4. The highest BCUT2D eigenvalue weighted by Crippen LogP contribution is 2.50. The Kier molecular flexibility index (Phi) is 6.32. The van der Waals surface area contributed by atoms with Gasteiger partial charge in [-0.2, -0.15) is 0 Å². The summed E-state index contributed by atoms with van der Waals surface area (Å²) >= 11 is 0. The maximum atomic E-state index is 12.0. The SMILES string of the molecule is CC1([C@](O)(C#CC[N+]2(Cc3ccccc3)CCCCC2)c2ccccc2)CCCC1. The van der Waals surface area contributed by atoms with Crippen LogP contribution in [0.4, 0.5) is 0 Å². The molecule has 1 heterocycles. The van der Waals surface area contributed by atoms with E-state index in [1.165, 1.54) is 50.8 Å². The Bertz CT molecular complexity index is 867.